The van der Waals surface area contributed by atoms with Crippen molar-refractivity contribution in [3.63, 3.8) is 0 Å². The predicted molar refractivity (Wildman–Crippen MR) is 110 cm³/mol. The molecule has 150 valence electrons. The van der Waals surface area contributed by atoms with E-state index >= 15 is 0 Å². The number of nitrogens with zero attached hydrogens (tertiary/aromatic N) is 3. The third-order valence-corrected chi connectivity index (χ3v) is 4.77. The predicted octanol–water partition coefficient (Wildman–Crippen LogP) is 4.24. The van der Waals surface area contributed by atoms with Gasteiger partial charge in [0.15, 0.2) is 0 Å². The lowest BCUT2D eigenvalue weighted by Gasteiger charge is -2.10. The maximum Gasteiger partial charge on any atom is 0.271 e. The van der Waals surface area contributed by atoms with Crippen molar-refractivity contribution in [3.8, 4) is 11.4 Å². The molecule has 0 bridgehead atoms. The van der Waals surface area contributed by atoms with Gasteiger partial charge in [-0.25, -0.2) is 4.68 Å². The van der Waals surface area contributed by atoms with E-state index < -0.39 is 4.92 Å². The summed E-state index contributed by atoms with van der Waals surface area (Å²) < 4.78 is 6.94. The zero-order valence-corrected chi connectivity index (χ0v) is 16.9. The largest absolute Gasteiger partial charge is 0.495 e. The molecule has 8 nitrogen and oxygen atoms in total. The average Bonchev–Trinajstić information content (AvgIpc) is 2.96. The number of benzene rings is 2. The average molecular weight is 415 g/mol. The fraction of sp³-hybridized carbons (Fsp3) is 0.200. The fourth-order valence-electron chi connectivity index (χ4n) is 3.03. The van der Waals surface area contributed by atoms with Crippen molar-refractivity contribution in [2.24, 2.45) is 0 Å². The molecule has 29 heavy (non-hydrogen) atoms. The van der Waals surface area contributed by atoms with Gasteiger partial charge in [-0.3, -0.25) is 14.9 Å². The Morgan fingerprint density at radius 3 is 2.55 bits per heavy atom. The topological polar surface area (TPSA) is 99.3 Å². The molecular formula is C20H19ClN4O4. The van der Waals surface area contributed by atoms with Crippen LogP contribution in [0.2, 0.25) is 5.02 Å². The number of carbonyl (C=O) groups excluding carboxylic acids is 1. The van der Waals surface area contributed by atoms with Crippen molar-refractivity contribution >= 4 is 28.9 Å². The molecule has 0 spiro atoms. The molecule has 0 aliphatic heterocycles. The summed E-state index contributed by atoms with van der Waals surface area (Å²) in [6.45, 7) is 3.71. The number of carbonyl (C=O) groups is 1. The molecule has 9 heteroatoms. The Bertz CT molecular complexity index is 1080. The second kappa shape index (κ2) is 8.32. The van der Waals surface area contributed by atoms with Crippen LogP contribution in [-0.2, 0) is 11.2 Å². The minimum atomic E-state index is -0.528. The van der Waals surface area contributed by atoms with Crippen LogP contribution in [0.4, 0.5) is 11.4 Å². The van der Waals surface area contributed by atoms with Gasteiger partial charge in [0.1, 0.15) is 5.75 Å². The lowest BCUT2D eigenvalue weighted by Crippen LogP contribution is -2.16. The van der Waals surface area contributed by atoms with E-state index in [4.69, 9.17) is 16.3 Å². The highest BCUT2D eigenvalue weighted by Crippen LogP contribution is 2.29. The van der Waals surface area contributed by atoms with Crippen LogP contribution >= 0.6 is 11.6 Å². The van der Waals surface area contributed by atoms with E-state index in [1.807, 2.05) is 26.0 Å². The highest BCUT2D eigenvalue weighted by atomic mass is 35.5. The first-order chi connectivity index (χ1) is 13.8. The number of aromatic nitrogens is 2. The number of anilines is 1. The van der Waals surface area contributed by atoms with Crippen molar-refractivity contribution in [2.75, 3.05) is 12.4 Å². The highest BCUT2D eigenvalue weighted by molar-refractivity contribution is 6.30. The van der Waals surface area contributed by atoms with Crippen LogP contribution in [0.25, 0.3) is 5.69 Å². The molecule has 1 N–H and O–H groups in total. The maximum absolute atomic E-state index is 12.6. The van der Waals surface area contributed by atoms with Crippen LogP contribution in [0.15, 0.2) is 42.5 Å². The first kappa shape index (κ1) is 20.3. The first-order valence-electron chi connectivity index (χ1n) is 8.73. The summed E-state index contributed by atoms with van der Waals surface area (Å²) in [5.74, 6) is 0.0138. The lowest BCUT2D eigenvalue weighted by atomic mass is 10.1. The first-order valence-corrected chi connectivity index (χ1v) is 9.11. The number of nitro benzene ring substituents is 1. The molecule has 3 rings (SSSR count). The normalized spacial score (nSPS) is 10.6. The molecule has 0 atom stereocenters. The lowest BCUT2D eigenvalue weighted by molar-refractivity contribution is -0.384. The number of nitrogens with one attached hydrogen (secondary N) is 1. The van der Waals surface area contributed by atoms with E-state index in [2.05, 4.69) is 10.4 Å². The fourth-order valence-corrected chi connectivity index (χ4v) is 3.15. The van der Waals surface area contributed by atoms with Crippen LogP contribution < -0.4 is 10.1 Å². The minimum absolute atomic E-state index is 0.0666. The SMILES string of the molecule is COc1ccc([N+](=O)[O-])cc1NC(=O)Cc1c(C)nn(-c2ccc(Cl)cc2)c1C. The zero-order chi connectivity index (χ0) is 21.1. The van der Waals surface area contributed by atoms with Gasteiger partial charge in [0.2, 0.25) is 5.91 Å². The number of halogens is 1. The summed E-state index contributed by atoms with van der Waals surface area (Å²) >= 11 is 5.94. The van der Waals surface area contributed by atoms with Crippen LogP contribution in [0, 0.1) is 24.0 Å². The standard InChI is InChI=1S/C20H19ClN4O4/c1-12-17(13(2)24(23-12)15-6-4-14(21)5-7-15)11-20(26)22-18-10-16(25(27)28)8-9-19(18)29-3/h4-10H,11H2,1-3H3,(H,22,26). The Labute approximate surface area is 172 Å². The Morgan fingerprint density at radius 1 is 1.24 bits per heavy atom. The van der Waals surface area contributed by atoms with Crippen molar-refractivity contribution in [3.05, 3.63) is 74.6 Å². The third-order valence-electron chi connectivity index (χ3n) is 4.52. The summed E-state index contributed by atoms with van der Waals surface area (Å²) in [6.07, 6.45) is 0.0666. The van der Waals surface area contributed by atoms with E-state index in [9.17, 15) is 14.9 Å². The van der Waals surface area contributed by atoms with Crippen LogP contribution in [-0.4, -0.2) is 27.7 Å². The second-order valence-corrected chi connectivity index (χ2v) is 6.84. The van der Waals surface area contributed by atoms with Crippen LogP contribution in [0.1, 0.15) is 17.0 Å². The molecule has 1 aromatic heterocycles. The minimum Gasteiger partial charge on any atom is -0.495 e. The molecule has 0 radical (unpaired) electrons. The van der Waals surface area contributed by atoms with Gasteiger partial charge in [-0.15, -0.1) is 0 Å². The van der Waals surface area contributed by atoms with Gasteiger partial charge in [0.25, 0.3) is 5.69 Å². The molecule has 1 amide bonds. The van der Waals surface area contributed by atoms with E-state index in [1.165, 1.54) is 25.3 Å². The zero-order valence-electron chi connectivity index (χ0n) is 16.1. The molecule has 2 aromatic carbocycles. The molecular weight excluding hydrogens is 396 g/mol. The molecule has 0 unspecified atom stereocenters. The number of nitro groups is 1. The summed E-state index contributed by atoms with van der Waals surface area (Å²) in [5, 5.41) is 18.8. The number of ether oxygens (including phenoxy) is 1. The Morgan fingerprint density at radius 2 is 1.93 bits per heavy atom. The Balaban J connectivity index is 1.84. The molecule has 3 aromatic rings. The molecule has 1 heterocycles. The van der Waals surface area contributed by atoms with Gasteiger partial charge in [-0.05, 0) is 44.2 Å². The van der Waals surface area contributed by atoms with Crippen molar-refractivity contribution < 1.29 is 14.5 Å². The quantitative estimate of drug-likeness (QED) is 0.480. The Kier molecular flexibility index (Phi) is 5.84. The molecule has 0 saturated carbocycles. The van der Waals surface area contributed by atoms with E-state index in [1.54, 1.807) is 16.8 Å². The van der Waals surface area contributed by atoms with Crippen LogP contribution in [0.3, 0.4) is 0 Å². The molecule has 0 aliphatic rings. The van der Waals surface area contributed by atoms with E-state index in [-0.39, 0.29) is 23.7 Å². The van der Waals surface area contributed by atoms with Crippen molar-refractivity contribution in [2.45, 2.75) is 20.3 Å². The number of non-ortho nitro benzene ring substituents is 1. The van der Waals surface area contributed by atoms with Gasteiger partial charge in [0, 0.05) is 28.4 Å². The number of rotatable bonds is 6. The molecule has 0 fully saturated rings. The van der Waals surface area contributed by atoms with E-state index in [0.717, 1.165) is 22.6 Å². The van der Waals surface area contributed by atoms with Crippen molar-refractivity contribution in [1.82, 2.24) is 9.78 Å². The molecule has 0 saturated heterocycles. The number of methoxy groups -OCH3 is 1. The van der Waals surface area contributed by atoms with Crippen LogP contribution in [0.5, 0.6) is 5.75 Å². The van der Waals surface area contributed by atoms with Gasteiger partial charge in [-0.1, -0.05) is 11.6 Å². The summed E-state index contributed by atoms with van der Waals surface area (Å²) in [6, 6.07) is 11.3. The number of amides is 1. The Hall–Kier alpha value is -3.39. The summed E-state index contributed by atoms with van der Waals surface area (Å²) in [7, 11) is 1.43. The van der Waals surface area contributed by atoms with Gasteiger partial charge in [-0.2, -0.15) is 5.10 Å². The van der Waals surface area contributed by atoms with Gasteiger partial charge < -0.3 is 10.1 Å². The molecule has 0 aliphatic carbocycles. The number of aryl methyl sites for hydroxylation is 1. The third kappa shape index (κ3) is 4.38. The van der Waals surface area contributed by atoms with Crippen molar-refractivity contribution in [1.29, 1.82) is 0 Å². The monoisotopic (exact) mass is 414 g/mol. The number of hydrogen-bond acceptors (Lipinski definition) is 5. The number of hydrogen-bond donors (Lipinski definition) is 1. The maximum atomic E-state index is 12.6. The van der Waals surface area contributed by atoms with Gasteiger partial charge in [0.05, 0.1) is 35.5 Å². The highest BCUT2D eigenvalue weighted by Gasteiger charge is 2.18. The van der Waals surface area contributed by atoms with Gasteiger partial charge >= 0.3 is 0 Å². The smallest absolute Gasteiger partial charge is 0.271 e. The second-order valence-electron chi connectivity index (χ2n) is 6.40. The summed E-state index contributed by atoms with van der Waals surface area (Å²) in [4.78, 5) is 23.1. The van der Waals surface area contributed by atoms with E-state index in [0.29, 0.717) is 10.8 Å². The summed E-state index contributed by atoms with van der Waals surface area (Å²) in [5.41, 5.74) is 3.27.